The minimum absolute atomic E-state index is 0. The van der Waals surface area contributed by atoms with E-state index in [0.717, 1.165) is 25.7 Å². The minimum atomic E-state index is -1.17. The Morgan fingerprint density at radius 1 is 1.10 bits per heavy atom. The summed E-state index contributed by atoms with van der Waals surface area (Å²) < 4.78 is 5.16. The van der Waals surface area contributed by atoms with Crippen molar-refractivity contribution in [3.63, 3.8) is 0 Å². The van der Waals surface area contributed by atoms with Crippen molar-refractivity contribution in [2.75, 3.05) is 13.2 Å². The van der Waals surface area contributed by atoms with Gasteiger partial charge in [0.05, 0.1) is 18.8 Å². The zero-order valence-electron chi connectivity index (χ0n) is 17.9. The Bertz CT molecular complexity index is 655. The molecule has 0 heterocycles. The van der Waals surface area contributed by atoms with Gasteiger partial charge in [0.1, 0.15) is 12.2 Å². The molecule has 0 aromatic rings. The predicted molar refractivity (Wildman–Crippen MR) is 106 cm³/mol. The molecular formula is C22H38O7. The summed E-state index contributed by atoms with van der Waals surface area (Å²) in [4.78, 5) is 11.3. The highest BCUT2D eigenvalue weighted by atomic mass is 16.5. The molecule has 0 saturated heterocycles. The van der Waals surface area contributed by atoms with Gasteiger partial charge in [-0.25, -0.2) is 0 Å². The lowest BCUT2D eigenvalue weighted by molar-refractivity contribution is -0.250. The second-order valence-corrected chi connectivity index (χ2v) is 10.7. The largest absolute Gasteiger partial charge is 0.463 e. The van der Waals surface area contributed by atoms with Gasteiger partial charge in [0.25, 0.3) is 0 Å². The first-order chi connectivity index (χ1) is 13.0. The first kappa shape index (κ1) is 22.9. The number of hydrogen-bond donors (Lipinski definition) is 4. The maximum atomic E-state index is 11.6. The van der Waals surface area contributed by atoms with Crippen molar-refractivity contribution >= 4 is 5.97 Å². The van der Waals surface area contributed by atoms with E-state index in [0.29, 0.717) is 25.2 Å². The van der Waals surface area contributed by atoms with Gasteiger partial charge >= 0.3 is 5.97 Å². The normalized spacial score (nSPS) is 53.4. The Morgan fingerprint density at radius 2 is 1.79 bits per heavy atom. The Hall–Kier alpha value is -0.730. The lowest BCUT2D eigenvalue weighted by Crippen LogP contribution is -2.67. The van der Waals surface area contributed by atoms with Crippen LogP contribution in [0.15, 0.2) is 0 Å². The highest BCUT2D eigenvalue weighted by Gasteiger charge is 2.74. The summed E-state index contributed by atoms with van der Waals surface area (Å²) in [7, 11) is 0. The van der Waals surface area contributed by atoms with Gasteiger partial charge in [-0.2, -0.15) is 0 Å². The maximum Gasteiger partial charge on any atom is 0.302 e. The van der Waals surface area contributed by atoms with Crippen LogP contribution in [0.3, 0.4) is 0 Å². The molecule has 0 aromatic heterocycles. The molecule has 168 valence electrons. The maximum absolute atomic E-state index is 11.6. The zero-order chi connectivity index (χ0) is 20.5. The summed E-state index contributed by atoms with van der Waals surface area (Å²) in [5, 5.41) is 43.8. The monoisotopic (exact) mass is 414 g/mol. The summed E-state index contributed by atoms with van der Waals surface area (Å²) in [6, 6.07) is 0. The first-order valence-corrected chi connectivity index (χ1v) is 10.9. The molecule has 0 unspecified atom stereocenters. The summed E-state index contributed by atoms with van der Waals surface area (Å²) in [6.07, 6.45) is 4.11. The van der Waals surface area contributed by atoms with E-state index in [1.165, 1.54) is 6.92 Å². The van der Waals surface area contributed by atoms with Crippen LogP contribution in [0.4, 0.5) is 0 Å². The molecule has 9 atom stereocenters. The summed E-state index contributed by atoms with van der Waals surface area (Å²) >= 11 is 0. The topological polar surface area (TPSA) is 139 Å². The van der Waals surface area contributed by atoms with Crippen molar-refractivity contribution in [2.24, 2.45) is 34.0 Å². The van der Waals surface area contributed by atoms with Gasteiger partial charge in [-0.15, -0.1) is 0 Å². The second-order valence-electron chi connectivity index (χ2n) is 10.7. The van der Waals surface area contributed by atoms with Gasteiger partial charge in [0, 0.05) is 23.7 Å². The Morgan fingerprint density at radius 3 is 2.41 bits per heavy atom. The van der Waals surface area contributed by atoms with E-state index in [1.54, 1.807) is 0 Å². The quantitative estimate of drug-likeness (QED) is 0.504. The molecule has 0 amide bonds. The Labute approximate surface area is 172 Å². The van der Waals surface area contributed by atoms with Crippen LogP contribution >= 0.6 is 0 Å². The van der Waals surface area contributed by atoms with Crippen LogP contribution in [0.2, 0.25) is 0 Å². The molecule has 0 aromatic carbocycles. The number of esters is 1. The van der Waals surface area contributed by atoms with Crippen molar-refractivity contribution in [3.8, 4) is 0 Å². The highest BCUT2D eigenvalue weighted by Crippen LogP contribution is 2.75. The fourth-order valence-electron chi connectivity index (χ4n) is 8.28. The lowest BCUT2D eigenvalue weighted by Gasteiger charge is -2.67. The Balaban J connectivity index is 0.00000240. The number of carbonyl (C=O) groups is 1. The molecule has 29 heavy (non-hydrogen) atoms. The van der Waals surface area contributed by atoms with E-state index in [9.17, 15) is 25.2 Å². The molecule has 4 aliphatic carbocycles. The van der Waals surface area contributed by atoms with Crippen LogP contribution in [-0.4, -0.2) is 62.9 Å². The number of hydrogen-bond acceptors (Lipinski definition) is 6. The second kappa shape index (κ2) is 7.16. The van der Waals surface area contributed by atoms with E-state index < -0.39 is 29.2 Å². The highest BCUT2D eigenvalue weighted by molar-refractivity contribution is 5.66. The van der Waals surface area contributed by atoms with Gasteiger partial charge in [-0.1, -0.05) is 13.8 Å². The number of ether oxygens (including phenoxy) is 1. The molecule has 4 saturated carbocycles. The fraction of sp³-hybridized carbons (Fsp3) is 0.955. The molecule has 6 N–H and O–H groups in total. The fourth-order valence-corrected chi connectivity index (χ4v) is 8.28. The smallest absolute Gasteiger partial charge is 0.302 e. The Kier molecular flexibility index (Phi) is 5.66. The first-order valence-electron chi connectivity index (χ1n) is 10.9. The van der Waals surface area contributed by atoms with Gasteiger partial charge < -0.3 is 30.6 Å². The van der Waals surface area contributed by atoms with Gasteiger partial charge in [-0.05, 0) is 62.2 Å². The van der Waals surface area contributed by atoms with Crippen LogP contribution < -0.4 is 0 Å². The summed E-state index contributed by atoms with van der Waals surface area (Å²) in [5.41, 5.74) is -2.23. The molecule has 4 aliphatic rings. The number of rotatable bonds is 3. The molecule has 0 radical (unpaired) electrons. The predicted octanol–water partition coefficient (Wildman–Crippen LogP) is 0.803. The van der Waals surface area contributed by atoms with E-state index in [1.807, 2.05) is 6.92 Å². The molecule has 2 bridgehead atoms. The van der Waals surface area contributed by atoms with Crippen molar-refractivity contribution in [2.45, 2.75) is 83.5 Å². The van der Waals surface area contributed by atoms with Crippen LogP contribution in [0.1, 0.15) is 65.7 Å². The lowest BCUT2D eigenvalue weighted by atomic mass is 9.38. The number of carbonyl (C=O) groups excluding carboxylic acids is 1. The van der Waals surface area contributed by atoms with Crippen LogP contribution in [-0.2, 0) is 9.53 Å². The van der Waals surface area contributed by atoms with Crippen molar-refractivity contribution < 1.29 is 35.4 Å². The van der Waals surface area contributed by atoms with Crippen LogP contribution in [0.25, 0.3) is 0 Å². The van der Waals surface area contributed by atoms with E-state index in [4.69, 9.17) is 4.74 Å². The molecular weight excluding hydrogens is 376 g/mol. The molecule has 4 rings (SSSR count). The summed E-state index contributed by atoms with van der Waals surface area (Å²) in [6.45, 7) is 5.49. The number of aliphatic hydroxyl groups excluding tert-OH is 3. The van der Waals surface area contributed by atoms with Gasteiger partial charge in [-0.3, -0.25) is 4.79 Å². The average molecular weight is 415 g/mol. The number of fused-ring (bicyclic) bond motifs is 2. The standard InChI is InChI=1S/C22H36O6.H2O/c1-13(24)28-12-21(27)8-9-22-14(10-15(21)18(22)26)4-5-16-19(2,11-23)17(25)6-7-20(16,22)3;/h14-18,23,25-27H,4-12H2,1-3H3;1H2/t14-,15+,16-,17+,18-,19-,20-,21-,22+;/m0./s1. The van der Waals surface area contributed by atoms with Crippen molar-refractivity contribution in [3.05, 3.63) is 0 Å². The average Bonchev–Trinajstić information content (AvgIpc) is 2.87. The van der Waals surface area contributed by atoms with Gasteiger partial charge in [0.2, 0.25) is 0 Å². The zero-order valence-corrected chi connectivity index (χ0v) is 17.9. The molecule has 4 fully saturated rings. The van der Waals surface area contributed by atoms with E-state index >= 15 is 0 Å². The molecule has 7 nitrogen and oxygen atoms in total. The van der Waals surface area contributed by atoms with Crippen LogP contribution in [0, 0.1) is 34.0 Å². The third-order valence-corrected chi connectivity index (χ3v) is 9.83. The SMILES string of the molecule is CC(=O)OC[C@@]1(O)CC[C@]23[C@@H](CC[C@H]4[C@](C)(CO)[C@H](O)CC[C@@]42C)C[C@@H]1[C@@H]3O.O. The van der Waals surface area contributed by atoms with Crippen molar-refractivity contribution in [1.82, 2.24) is 0 Å². The molecule has 1 spiro atoms. The number of aliphatic hydroxyl groups is 4. The van der Waals surface area contributed by atoms with Crippen LogP contribution in [0.5, 0.6) is 0 Å². The van der Waals surface area contributed by atoms with E-state index in [-0.39, 0.29) is 41.4 Å². The van der Waals surface area contributed by atoms with Gasteiger partial charge in [0.15, 0.2) is 0 Å². The molecule has 7 heteroatoms. The minimum Gasteiger partial charge on any atom is -0.463 e. The third-order valence-electron chi connectivity index (χ3n) is 9.83. The van der Waals surface area contributed by atoms with E-state index in [2.05, 4.69) is 6.92 Å². The third kappa shape index (κ3) is 2.77. The summed E-state index contributed by atoms with van der Waals surface area (Å²) in [5.74, 6) is -0.254. The molecule has 0 aliphatic heterocycles. The van der Waals surface area contributed by atoms with Crippen molar-refractivity contribution in [1.29, 1.82) is 0 Å².